The van der Waals surface area contributed by atoms with Crippen LogP contribution in [-0.2, 0) is 9.59 Å². The highest BCUT2D eigenvalue weighted by atomic mass is 16.2. The number of amides is 7. The van der Waals surface area contributed by atoms with E-state index in [2.05, 4.69) is 47.3 Å². The second-order valence-corrected chi connectivity index (χ2v) is 16.7. The van der Waals surface area contributed by atoms with E-state index in [9.17, 15) is 28.8 Å². The molecule has 6 aliphatic heterocycles. The minimum atomic E-state index is -0.980. The fourth-order valence-corrected chi connectivity index (χ4v) is 9.52. The van der Waals surface area contributed by atoms with Gasteiger partial charge in [0.25, 0.3) is 17.7 Å². The van der Waals surface area contributed by atoms with Crippen molar-refractivity contribution in [3.05, 3.63) is 65.4 Å². The Morgan fingerprint density at radius 3 is 2.32 bits per heavy atom. The third-order valence-corrected chi connectivity index (χ3v) is 12.9. The van der Waals surface area contributed by atoms with Gasteiger partial charge in [0.05, 0.1) is 17.2 Å². The molecule has 3 aromatic rings. The fraction of sp³-hybridized carbons (Fsp3) is 0.476. The van der Waals surface area contributed by atoms with Gasteiger partial charge in [0.1, 0.15) is 17.4 Å². The predicted octanol–water partition coefficient (Wildman–Crippen LogP) is 1.71. The van der Waals surface area contributed by atoms with E-state index < -0.39 is 35.6 Å². The number of nitrogens with zero attached hydrogens (tertiary/aromatic N) is 9. The molecule has 1 aromatic heterocycles. The maximum atomic E-state index is 13.4. The monoisotopic (exact) mass is 818 g/mol. The average molecular weight is 819 g/mol. The van der Waals surface area contributed by atoms with Crippen LogP contribution < -0.4 is 31.1 Å². The summed E-state index contributed by atoms with van der Waals surface area (Å²) in [7, 11) is 1.83. The van der Waals surface area contributed by atoms with Crippen molar-refractivity contribution in [1.29, 1.82) is 0 Å². The molecule has 0 bridgehead atoms. The number of fused-ring (bicyclic) bond motifs is 1. The summed E-state index contributed by atoms with van der Waals surface area (Å²) in [4.78, 5) is 98.9. The number of rotatable bonds is 10. The zero-order chi connectivity index (χ0) is 41.7. The molecule has 0 aliphatic carbocycles. The van der Waals surface area contributed by atoms with Gasteiger partial charge in [-0.25, -0.2) is 9.78 Å². The van der Waals surface area contributed by atoms with Crippen LogP contribution in [0.4, 0.5) is 33.6 Å². The van der Waals surface area contributed by atoms with Crippen molar-refractivity contribution < 1.29 is 28.8 Å². The molecule has 60 heavy (non-hydrogen) atoms. The van der Waals surface area contributed by atoms with Crippen molar-refractivity contribution in [3.63, 3.8) is 0 Å². The number of imide groups is 2. The number of anilines is 5. The summed E-state index contributed by atoms with van der Waals surface area (Å²) in [5, 5.41) is 5.55. The molecule has 0 saturated carbocycles. The van der Waals surface area contributed by atoms with Crippen LogP contribution in [0.2, 0.25) is 0 Å². The zero-order valence-electron chi connectivity index (χ0n) is 33.7. The van der Waals surface area contributed by atoms with Crippen LogP contribution >= 0.6 is 0 Å². The molecule has 5 saturated heterocycles. The molecule has 7 heterocycles. The summed E-state index contributed by atoms with van der Waals surface area (Å²) in [6, 6.07) is 12.6. The first-order chi connectivity index (χ1) is 29.0. The van der Waals surface area contributed by atoms with Crippen LogP contribution in [0.1, 0.15) is 63.2 Å². The Morgan fingerprint density at radius 2 is 1.58 bits per heavy atom. The number of urea groups is 1. The summed E-state index contributed by atoms with van der Waals surface area (Å²) >= 11 is 0. The number of nitrogens with two attached hydrogens (primary N) is 1. The van der Waals surface area contributed by atoms with Gasteiger partial charge in [0, 0.05) is 109 Å². The molecule has 0 radical (unpaired) electrons. The fourth-order valence-electron chi connectivity index (χ4n) is 9.52. The Labute approximate surface area is 347 Å². The highest BCUT2D eigenvalue weighted by Gasteiger charge is 2.45. The van der Waals surface area contributed by atoms with Gasteiger partial charge in [0.15, 0.2) is 0 Å². The summed E-state index contributed by atoms with van der Waals surface area (Å²) in [5.41, 5.74) is 9.28. The molecular weight excluding hydrogens is 769 g/mol. The predicted molar refractivity (Wildman–Crippen MR) is 222 cm³/mol. The van der Waals surface area contributed by atoms with Gasteiger partial charge < -0.3 is 35.6 Å². The molecule has 9 rings (SSSR count). The second kappa shape index (κ2) is 16.0. The Kier molecular flexibility index (Phi) is 10.5. The number of aromatic nitrogens is 2. The first-order valence-corrected chi connectivity index (χ1v) is 20.9. The second-order valence-electron chi connectivity index (χ2n) is 16.7. The molecule has 18 nitrogen and oxygen atoms in total. The molecule has 6 aliphatic rings. The number of nitrogens with one attached hydrogen (secondary N) is 2. The highest BCUT2D eigenvalue weighted by molar-refractivity contribution is 6.23. The molecule has 5 fully saturated rings. The van der Waals surface area contributed by atoms with Crippen molar-refractivity contribution in [2.75, 3.05) is 99.1 Å². The van der Waals surface area contributed by atoms with Crippen LogP contribution in [0.15, 0.2) is 48.7 Å². The largest absolute Gasteiger partial charge is 0.371 e. The number of carbonyl (C=O) groups excluding carboxylic acids is 6. The van der Waals surface area contributed by atoms with E-state index in [4.69, 9.17) is 10.7 Å². The van der Waals surface area contributed by atoms with Crippen LogP contribution in [0.5, 0.6) is 0 Å². The number of piperazine rings is 1. The number of hydrogen-bond acceptors (Lipinski definition) is 13. The maximum Gasteiger partial charge on any atom is 0.320 e. The van der Waals surface area contributed by atoms with Crippen LogP contribution in [0.25, 0.3) is 0 Å². The lowest BCUT2D eigenvalue weighted by molar-refractivity contribution is -0.136. The van der Waals surface area contributed by atoms with Crippen molar-refractivity contribution >= 4 is 64.4 Å². The third-order valence-electron chi connectivity index (χ3n) is 12.9. The van der Waals surface area contributed by atoms with Crippen molar-refractivity contribution in [2.24, 2.45) is 11.7 Å². The number of primary amides is 1. The SMILES string of the molecule is CN1CCN([C@@H]2CCCN(c3ncc(C(N)=O)c(Nc4ccc(N5CCN(CC6CCN(c7ccc8c(c7)C(=O)N(C7CCC(=O)NC7=O)C8=O)C6)CC5)cc4)n3)C2)C1=O. The first kappa shape index (κ1) is 39.2. The quantitative estimate of drug-likeness (QED) is 0.250. The smallest absolute Gasteiger partial charge is 0.320 e. The molecule has 0 spiro atoms. The summed E-state index contributed by atoms with van der Waals surface area (Å²) in [6.07, 6.45) is 4.53. The molecule has 18 heteroatoms. The Balaban J connectivity index is 0.771. The molecule has 314 valence electrons. The number of hydrogen-bond donors (Lipinski definition) is 3. The molecule has 2 unspecified atom stereocenters. The number of likely N-dealkylation sites (N-methyl/N-ethyl adjacent to an activating group) is 1. The normalized spacial score (nSPS) is 23.8. The van der Waals surface area contributed by atoms with E-state index >= 15 is 0 Å². The zero-order valence-corrected chi connectivity index (χ0v) is 33.7. The lowest BCUT2D eigenvalue weighted by Gasteiger charge is -2.37. The van der Waals surface area contributed by atoms with Gasteiger partial charge in [-0.2, -0.15) is 4.98 Å². The summed E-state index contributed by atoms with van der Waals surface area (Å²) in [6.45, 7) is 9.06. The van der Waals surface area contributed by atoms with Gasteiger partial charge in [0.2, 0.25) is 17.8 Å². The van der Waals surface area contributed by atoms with E-state index in [1.807, 2.05) is 30.1 Å². The van der Waals surface area contributed by atoms with Gasteiger partial charge >= 0.3 is 6.03 Å². The molecule has 3 atom stereocenters. The van der Waals surface area contributed by atoms with Gasteiger partial charge in [-0.15, -0.1) is 0 Å². The summed E-state index contributed by atoms with van der Waals surface area (Å²) in [5.74, 6) is -1.33. The van der Waals surface area contributed by atoms with Crippen LogP contribution in [0, 0.1) is 5.92 Å². The van der Waals surface area contributed by atoms with E-state index in [1.165, 1.54) is 6.20 Å². The number of benzene rings is 2. The topological polar surface area (TPSA) is 201 Å². The minimum absolute atomic E-state index is 0.0514. The van der Waals surface area contributed by atoms with E-state index in [1.54, 1.807) is 17.0 Å². The first-order valence-electron chi connectivity index (χ1n) is 20.9. The Hall–Kier alpha value is -6.30. The number of piperidine rings is 2. The number of carbonyl (C=O) groups is 6. The van der Waals surface area contributed by atoms with Crippen molar-refractivity contribution in [3.8, 4) is 0 Å². The van der Waals surface area contributed by atoms with Crippen molar-refractivity contribution in [2.45, 2.75) is 44.2 Å². The maximum absolute atomic E-state index is 13.4. The molecule has 2 aromatic carbocycles. The molecule has 7 amide bonds. The Bertz CT molecular complexity index is 2230. The van der Waals surface area contributed by atoms with Gasteiger partial charge in [-0.05, 0) is 74.1 Å². The Morgan fingerprint density at radius 1 is 0.817 bits per heavy atom. The van der Waals surface area contributed by atoms with Crippen LogP contribution in [0.3, 0.4) is 0 Å². The van der Waals surface area contributed by atoms with Gasteiger partial charge in [-0.1, -0.05) is 0 Å². The van der Waals surface area contributed by atoms with E-state index in [0.717, 1.165) is 100 Å². The lowest BCUT2D eigenvalue weighted by atomic mass is 10.0. The third kappa shape index (κ3) is 7.55. The standard InChI is InChI=1S/C42H50N12O6/c1-48-15-20-53(42(48)60)30-3-2-13-52(25-30)41-44-22-33(36(43)56)37(47-41)45-27-4-6-28(7-5-27)50-18-16-49(17-19-50)23-26-12-14-51(24-26)29-8-9-31-32(21-29)40(59)54(39(31)58)34-10-11-35(55)46-38(34)57/h4-9,21-22,26,30,34H,2-3,10-20,23-25H2,1H3,(H2,43,56)(H,44,45,47)(H,46,55,57)/t26?,30-,34?/m1/s1. The average Bonchev–Trinajstić information content (AvgIpc) is 3.93. The molecular formula is C42H50N12O6. The lowest BCUT2D eigenvalue weighted by Crippen LogP contribution is -2.54. The molecule has 4 N–H and O–H groups in total. The van der Waals surface area contributed by atoms with Crippen LogP contribution in [-0.4, -0.2) is 156 Å². The van der Waals surface area contributed by atoms with E-state index in [0.29, 0.717) is 41.9 Å². The van der Waals surface area contributed by atoms with Gasteiger partial charge in [-0.3, -0.25) is 39.1 Å². The van der Waals surface area contributed by atoms with E-state index in [-0.39, 0.29) is 30.5 Å². The highest BCUT2D eigenvalue weighted by Crippen LogP contribution is 2.33. The minimum Gasteiger partial charge on any atom is -0.371 e. The van der Waals surface area contributed by atoms with Crippen molar-refractivity contribution in [1.82, 2.24) is 34.9 Å². The summed E-state index contributed by atoms with van der Waals surface area (Å²) < 4.78 is 0.